The molecule has 2 N–H and O–H groups in total. The Kier molecular flexibility index (Phi) is 4.10. The number of carbonyl (C=O) groups excluding carboxylic acids is 1. The topological polar surface area (TPSA) is 55.6 Å². The van der Waals surface area contributed by atoms with E-state index in [4.69, 9.17) is 10.5 Å². The van der Waals surface area contributed by atoms with Crippen LogP contribution in [0.4, 0.5) is 0 Å². The number of nitrogens with zero attached hydrogens (tertiary/aromatic N) is 1. The van der Waals surface area contributed by atoms with Crippen molar-refractivity contribution in [2.75, 3.05) is 20.3 Å². The maximum absolute atomic E-state index is 11.8. The zero-order chi connectivity index (χ0) is 10.6. The highest BCUT2D eigenvalue weighted by atomic mass is 16.5. The molecule has 0 aromatic rings. The van der Waals surface area contributed by atoms with E-state index in [1.54, 1.807) is 18.1 Å². The standard InChI is InChI=1S/C10H18N2O2/c1-3-6-12(8-4-5-8)10(13)9(11)7-14-2/h3,8-9H,1,4-7,11H2,2H3. The van der Waals surface area contributed by atoms with Gasteiger partial charge in [0.25, 0.3) is 0 Å². The summed E-state index contributed by atoms with van der Waals surface area (Å²) >= 11 is 0. The van der Waals surface area contributed by atoms with Crippen LogP contribution in [0.25, 0.3) is 0 Å². The lowest BCUT2D eigenvalue weighted by molar-refractivity contribution is -0.133. The summed E-state index contributed by atoms with van der Waals surface area (Å²) in [6, 6.07) is -0.163. The molecular weight excluding hydrogens is 180 g/mol. The van der Waals surface area contributed by atoms with E-state index in [0.29, 0.717) is 12.6 Å². The largest absolute Gasteiger partial charge is 0.383 e. The first kappa shape index (κ1) is 11.2. The minimum atomic E-state index is -0.541. The number of methoxy groups -OCH3 is 1. The van der Waals surface area contributed by atoms with Gasteiger partial charge in [-0.15, -0.1) is 6.58 Å². The molecule has 1 unspecified atom stereocenters. The third-order valence-corrected chi connectivity index (χ3v) is 2.26. The first-order chi connectivity index (χ1) is 6.70. The maximum Gasteiger partial charge on any atom is 0.242 e. The minimum Gasteiger partial charge on any atom is -0.383 e. The summed E-state index contributed by atoms with van der Waals surface area (Å²) in [4.78, 5) is 13.6. The maximum atomic E-state index is 11.8. The molecule has 1 aliphatic rings. The molecule has 0 saturated heterocycles. The zero-order valence-electron chi connectivity index (χ0n) is 8.61. The number of amides is 1. The molecule has 0 aliphatic heterocycles. The Morgan fingerprint density at radius 2 is 2.43 bits per heavy atom. The van der Waals surface area contributed by atoms with Gasteiger partial charge in [0.2, 0.25) is 5.91 Å². The summed E-state index contributed by atoms with van der Waals surface area (Å²) in [5, 5.41) is 0. The van der Waals surface area contributed by atoms with Crippen molar-refractivity contribution < 1.29 is 9.53 Å². The van der Waals surface area contributed by atoms with Gasteiger partial charge in [0, 0.05) is 19.7 Å². The quantitative estimate of drug-likeness (QED) is 0.617. The van der Waals surface area contributed by atoms with E-state index in [0.717, 1.165) is 12.8 Å². The van der Waals surface area contributed by atoms with Crippen LogP contribution in [0.5, 0.6) is 0 Å². The normalized spacial score (nSPS) is 17.6. The number of carbonyl (C=O) groups is 1. The van der Waals surface area contributed by atoms with E-state index in [1.807, 2.05) is 0 Å². The highest BCUT2D eigenvalue weighted by Gasteiger charge is 2.33. The lowest BCUT2D eigenvalue weighted by Gasteiger charge is -2.23. The van der Waals surface area contributed by atoms with Gasteiger partial charge < -0.3 is 15.4 Å². The Morgan fingerprint density at radius 1 is 1.79 bits per heavy atom. The second-order valence-corrected chi connectivity index (χ2v) is 3.57. The first-order valence-corrected chi connectivity index (χ1v) is 4.86. The van der Waals surface area contributed by atoms with Gasteiger partial charge in [0.1, 0.15) is 6.04 Å². The summed E-state index contributed by atoms with van der Waals surface area (Å²) in [5.41, 5.74) is 5.67. The summed E-state index contributed by atoms with van der Waals surface area (Å²) < 4.78 is 4.85. The van der Waals surface area contributed by atoms with Crippen LogP contribution in [0.1, 0.15) is 12.8 Å². The third-order valence-electron chi connectivity index (χ3n) is 2.26. The summed E-state index contributed by atoms with van der Waals surface area (Å²) in [6.45, 7) is 4.49. The van der Waals surface area contributed by atoms with Crippen LogP contribution in [0.15, 0.2) is 12.7 Å². The van der Waals surface area contributed by atoms with Gasteiger partial charge in [-0.1, -0.05) is 6.08 Å². The van der Waals surface area contributed by atoms with Crippen LogP contribution in [-0.2, 0) is 9.53 Å². The molecule has 80 valence electrons. The van der Waals surface area contributed by atoms with E-state index < -0.39 is 6.04 Å². The molecule has 0 spiro atoms. The van der Waals surface area contributed by atoms with Crippen LogP contribution in [0.2, 0.25) is 0 Å². The second kappa shape index (κ2) is 5.12. The third kappa shape index (κ3) is 2.82. The van der Waals surface area contributed by atoms with Gasteiger partial charge in [-0.3, -0.25) is 4.79 Å². The molecule has 1 amide bonds. The molecule has 1 atom stereocenters. The Balaban J connectivity index is 2.48. The molecule has 0 aromatic carbocycles. The fourth-order valence-electron chi connectivity index (χ4n) is 1.41. The molecule has 1 rings (SSSR count). The molecule has 1 fully saturated rings. The van der Waals surface area contributed by atoms with Crippen LogP contribution < -0.4 is 5.73 Å². The fourth-order valence-corrected chi connectivity index (χ4v) is 1.41. The van der Waals surface area contributed by atoms with Crippen LogP contribution in [0, 0.1) is 0 Å². The molecule has 0 aromatic heterocycles. The first-order valence-electron chi connectivity index (χ1n) is 4.86. The van der Waals surface area contributed by atoms with Gasteiger partial charge >= 0.3 is 0 Å². The predicted octanol–water partition coefficient (Wildman–Crippen LogP) is 0.137. The van der Waals surface area contributed by atoms with Gasteiger partial charge in [0.05, 0.1) is 6.61 Å². The van der Waals surface area contributed by atoms with E-state index in [-0.39, 0.29) is 12.5 Å². The van der Waals surface area contributed by atoms with Crippen LogP contribution in [-0.4, -0.2) is 43.2 Å². The van der Waals surface area contributed by atoms with E-state index in [2.05, 4.69) is 6.58 Å². The molecule has 4 heteroatoms. The summed E-state index contributed by atoms with van der Waals surface area (Å²) in [7, 11) is 1.54. The van der Waals surface area contributed by atoms with Crippen LogP contribution >= 0.6 is 0 Å². The second-order valence-electron chi connectivity index (χ2n) is 3.57. The highest BCUT2D eigenvalue weighted by Crippen LogP contribution is 2.27. The molecule has 0 radical (unpaired) electrons. The minimum absolute atomic E-state index is 0.0331. The van der Waals surface area contributed by atoms with Crippen molar-refractivity contribution in [1.82, 2.24) is 4.90 Å². The van der Waals surface area contributed by atoms with Gasteiger partial charge in [0.15, 0.2) is 0 Å². The molecule has 0 bridgehead atoms. The van der Waals surface area contributed by atoms with Crippen molar-refractivity contribution >= 4 is 5.91 Å². The average molecular weight is 198 g/mol. The van der Waals surface area contributed by atoms with Crippen molar-refractivity contribution in [2.45, 2.75) is 24.9 Å². The van der Waals surface area contributed by atoms with Crippen molar-refractivity contribution in [3.05, 3.63) is 12.7 Å². The number of rotatable bonds is 6. The van der Waals surface area contributed by atoms with Gasteiger partial charge in [-0.2, -0.15) is 0 Å². The molecule has 1 saturated carbocycles. The van der Waals surface area contributed by atoms with Crippen molar-refractivity contribution in [3.8, 4) is 0 Å². The van der Waals surface area contributed by atoms with Crippen molar-refractivity contribution in [1.29, 1.82) is 0 Å². The lowest BCUT2D eigenvalue weighted by atomic mass is 10.2. The van der Waals surface area contributed by atoms with Crippen molar-refractivity contribution in [2.24, 2.45) is 5.73 Å². The van der Waals surface area contributed by atoms with Crippen LogP contribution in [0.3, 0.4) is 0 Å². The summed E-state index contributed by atoms with van der Waals surface area (Å²) in [6.07, 6.45) is 3.90. The Morgan fingerprint density at radius 3 is 2.86 bits per heavy atom. The Labute approximate surface area is 84.7 Å². The smallest absolute Gasteiger partial charge is 0.242 e. The van der Waals surface area contributed by atoms with Crippen molar-refractivity contribution in [3.63, 3.8) is 0 Å². The molecule has 1 aliphatic carbocycles. The molecule has 0 heterocycles. The van der Waals surface area contributed by atoms with E-state index in [9.17, 15) is 4.79 Å². The number of ether oxygens (including phenoxy) is 1. The highest BCUT2D eigenvalue weighted by molar-refractivity contribution is 5.82. The monoisotopic (exact) mass is 198 g/mol. The predicted molar refractivity (Wildman–Crippen MR) is 54.8 cm³/mol. The lowest BCUT2D eigenvalue weighted by Crippen LogP contribution is -2.47. The molecule has 4 nitrogen and oxygen atoms in total. The SMILES string of the molecule is C=CCN(C(=O)C(N)COC)C1CC1. The van der Waals surface area contributed by atoms with Gasteiger partial charge in [-0.05, 0) is 12.8 Å². The zero-order valence-corrected chi connectivity index (χ0v) is 8.61. The summed E-state index contributed by atoms with van der Waals surface area (Å²) in [5.74, 6) is -0.0331. The van der Waals surface area contributed by atoms with E-state index >= 15 is 0 Å². The Bertz CT molecular complexity index is 214. The van der Waals surface area contributed by atoms with E-state index in [1.165, 1.54) is 0 Å². The number of hydrogen-bond acceptors (Lipinski definition) is 3. The average Bonchev–Trinajstić information content (AvgIpc) is 2.97. The number of hydrogen-bond donors (Lipinski definition) is 1. The van der Waals surface area contributed by atoms with Gasteiger partial charge in [-0.25, -0.2) is 0 Å². The molecular formula is C10H18N2O2. The molecule has 14 heavy (non-hydrogen) atoms. The Hall–Kier alpha value is -0.870. The number of nitrogens with two attached hydrogens (primary N) is 1. The fraction of sp³-hybridized carbons (Fsp3) is 0.700.